The van der Waals surface area contributed by atoms with Crippen molar-refractivity contribution in [3.8, 4) is 11.4 Å². The van der Waals surface area contributed by atoms with Crippen molar-refractivity contribution in [1.29, 1.82) is 0 Å². The summed E-state index contributed by atoms with van der Waals surface area (Å²) in [5, 5.41) is 3.46. The Morgan fingerprint density at radius 3 is 2.49 bits per heavy atom. The molecule has 192 valence electrons. The summed E-state index contributed by atoms with van der Waals surface area (Å²) in [6, 6.07) is 21.0. The second-order valence-corrected chi connectivity index (χ2v) is 9.17. The van der Waals surface area contributed by atoms with Gasteiger partial charge in [-0.3, -0.25) is 9.36 Å². The van der Waals surface area contributed by atoms with E-state index in [4.69, 9.17) is 14.5 Å². The van der Waals surface area contributed by atoms with Crippen LogP contribution in [-0.4, -0.2) is 47.9 Å². The number of nitrogens with one attached hydrogen (secondary N) is 1. The van der Waals surface area contributed by atoms with Crippen LogP contribution in [0.15, 0.2) is 82.1 Å². The Bertz CT molecular complexity index is 1460. The first-order valence-electron chi connectivity index (χ1n) is 12.0. The van der Waals surface area contributed by atoms with E-state index >= 15 is 0 Å². The first-order chi connectivity index (χ1) is 18.0. The Labute approximate surface area is 224 Å². The number of rotatable bonds is 9. The third-order valence-corrected chi connectivity index (χ3v) is 6.79. The highest BCUT2D eigenvalue weighted by molar-refractivity contribution is 9.10. The molecule has 1 atom stereocenters. The molecule has 3 aromatic carbocycles. The van der Waals surface area contributed by atoms with Crippen molar-refractivity contribution in [3.05, 3.63) is 93.4 Å². The molecule has 0 bridgehead atoms. The fourth-order valence-corrected chi connectivity index (χ4v) is 4.69. The molecule has 0 spiro atoms. The molecule has 0 saturated heterocycles. The van der Waals surface area contributed by atoms with Crippen LogP contribution in [-0.2, 0) is 4.74 Å². The Morgan fingerprint density at radius 2 is 1.76 bits per heavy atom. The molecule has 37 heavy (non-hydrogen) atoms. The highest BCUT2D eigenvalue weighted by Gasteiger charge is 2.30. The molecule has 0 aliphatic carbocycles. The van der Waals surface area contributed by atoms with E-state index in [9.17, 15) is 9.59 Å². The number of amides is 2. The van der Waals surface area contributed by atoms with Gasteiger partial charge in [0.25, 0.3) is 5.56 Å². The molecular weight excluding hydrogens is 536 g/mol. The SMILES string of the molecule is CCC(c1nc2ccccc2c(=O)n1-c1ccccc1OC)N(CCOC)C(=O)Nc1ccccc1Br. The largest absolute Gasteiger partial charge is 0.495 e. The van der Waals surface area contributed by atoms with Gasteiger partial charge in [0.15, 0.2) is 0 Å². The predicted molar refractivity (Wildman–Crippen MR) is 149 cm³/mol. The van der Waals surface area contributed by atoms with Gasteiger partial charge < -0.3 is 19.7 Å². The van der Waals surface area contributed by atoms with Crippen LogP contribution in [0.2, 0.25) is 0 Å². The number of benzene rings is 3. The highest BCUT2D eigenvalue weighted by atomic mass is 79.9. The standard InChI is InChI=1S/C28H29BrN4O4/c1-4-23(32(17-18-36-2)28(35)31-22-14-8-6-12-20(22)29)26-30-21-13-7-5-11-19(21)27(34)33(26)24-15-9-10-16-25(24)37-3/h5-16,23H,4,17-18H2,1-3H3,(H,31,35). The zero-order chi connectivity index (χ0) is 26.4. The summed E-state index contributed by atoms with van der Waals surface area (Å²) in [4.78, 5) is 34.1. The van der Waals surface area contributed by atoms with E-state index in [0.717, 1.165) is 4.47 Å². The lowest BCUT2D eigenvalue weighted by Crippen LogP contribution is -2.42. The summed E-state index contributed by atoms with van der Waals surface area (Å²) in [6.45, 7) is 2.57. The molecule has 8 nitrogen and oxygen atoms in total. The van der Waals surface area contributed by atoms with Crippen molar-refractivity contribution in [2.24, 2.45) is 0 Å². The van der Waals surface area contributed by atoms with Crippen molar-refractivity contribution < 1.29 is 14.3 Å². The van der Waals surface area contributed by atoms with Crippen LogP contribution in [0, 0.1) is 0 Å². The monoisotopic (exact) mass is 564 g/mol. The van der Waals surface area contributed by atoms with Crippen molar-refractivity contribution in [2.75, 3.05) is 32.7 Å². The van der Waals surface area contributed by atoms with Gasteiger partial charge in [0.1, 0.15) is 11.6 Å². The molecule has 0 aliphatic rings. The second kappa shape index (κ2) is 12.0. The molecule has 1 unspecified atom stereocenters. The number of hydrogen-bond acceptors (Lipinski definition) is 5. The predicted octanol–water partition coefficient (Wildman–Crippen LogP) is 5.79. The van der Waals surface area contributed by atoms with E-state index in [2.05, 4.69) is 21.2 Å². The highest BCUT2D eigenvalue weighted by Crippen LogP contribution is 2.30. The molecule has 1 heterocycles. The summed E-state index contributed by atoms with van der Waals surface area (Å²) >= 11 is 3.49. The zero-order valence-corrected chi connectivity index (χ0v) is 22.6. The number of anilines is 1. The van der Waals surface area contributed by atoms with Gasteiger partial charge in [0, 0.05) is 18.1 Å². The second-order valence-electron chi connectivity index (χ2n) is 8.32. The van der Waals surface area contributed by atoms with Gasteiger partial charge in [0.05, 0.1) is 42.0 Å². The minimum absolute atomic E-state index is 0.235. The Balaban J connectivity index is 1.91. The Kier molecular flexibility index (Phi) is 8.58. The maximum atomic E-state index is 13.9. The van der Waals surface area contributed by atoms with Crippen molar-refractivity contribution in [2.45, 2.75) is 19.4 Å². The Hall–Kier alpha value is -3.69. The third-order valence-electron chi connectivity index (χ3n) is 6.10. The van der Waals surface area contributed by atoms with Crippen LogP contribution in [0.3, 0.4) is 0 Å². The van der Waals surface area contributed by atoms with E-state index in [-0.39, 0.29) is 11.6 Å². The first kappa shape index (κ1) is 26.4. The number of ether oxygens (including phenoxy) is 2. The topological polar surface area (TPSA) is 85.7 Å². The van der Waals surface area contributed by atoms with Gasteiger partial charge in [0.2, 0.25) is 0 Å². The fraction of sp³-hybridized carbons (Fsp3) is 0.250. The molecule has 2 amide bonds. The van der Waals surface area contributed by atoms with E-state index in [1.807, 2.05) is 61.5 Å². The third kappa shape index (κ3) is 5.52. The maximum absolute atomic E-state index is 13.9. The fourth-order valence-electron chi connectivity index (χ4n) is 4.30. The number of nitrogens with zero attached hydrogens (tertiary/aromatic N) is 3. The molecule has 0 radical (unpaired) electrons. The summed E-state index contributed by atoms with van der Waals surface area (Å²) in [7, 11) is 3.15. The molecule has 4 aromatic rings. The van der Waals surface area contributed by atoms with Gasteiger partial charge in [-0.25, -0.2) is 9.78 Å². The molecule has 4 rings (SSSR count). The summed E-state index contributed by atoms with van der Waals surface area (Å²) in [5.74, 6) is 0.966. The average Bonchev–Trinajstić information content (AvgIpc) is 2.92. The van der Waals surface area contributed by atoms with Crippen molar-refractivity contribution in [1.82, 2.24) is 14.5 Å². The van der Waals surface area contributed by atoms with Gasteiger partial charge in [-0.15, -0.1) is 0 Å². The molecule has 1 aromatic heterocycles. The summed E-state index contributed by atoms with van der Waals surface area (Å²) in [6.07, 6.45) is 0.507. The van der Waals surface area contributed by atoms with Gasteiger partial charge in [-0.1, -0.05) is 43.3 Å². The van der Waals surface area contributed by atoms with Crippen LogP contribution in [0.4, 0.5) is 10.5 Å². The van der Waals surface area contributed by atoms with Crippen LogP contribution < -0.4 is 15.6 Å². The van der Waals surface area contributed by atoms with Crippen molar-refractivity contribution in [3.63, 3.8) is 0 Å². The molecule has 0 fully saturated rings. The molecule has 1 N–H and O–H groups in total. The van der Waals surface area contributed by atoms with E-state index in [1.165, 1.54) is 0 Å². The molecule has 0 aliphatic heterocycles. The normalized spacial score (nSPS) is 11.8. The van der Waals surface area contributed by atoms with E-state index in [1.54, 1.807) is 41.9 Å². The number of carbonyl (C=O) groups is 1. The number of aromatic nitrogens is 2. The van der Waals surface area contributed by atoms with Crippen LogP contribution in [0.5, 0.6) is 5.75 Å². The number of halogens is 1. The number of methoxy groups -OCH3 is 2. The van der Waals surface area contributed by atoms with E-state index < -0.39 is 6.04 Å². The molecular formula is C28H29BrN4O4. The quantitative estimate of drug-likeness (QED) is 0.278. The first-order valence-corrected chi connectivity index (χ1v) is 12.8. The summed E-state index contributed by atoms with van der Waals surface area (Å²) in [5.41, 5.74) is 1.52. The number of hydrogen-bond donors (Lipinski definition) is 1. The van der Waals surface area contributed by atoms with Gasteiger partial charge >= 0.3 is 6.03 Å². The zero-order valence-electron chi connectivity index (χ0n) is 21.0. The lowest BCUT2D eigenvalue weighted by atomic mass is 10.1. The van der Waals surface area contributed by atoms with Crippen LogP contribution >= 0.6 is 15.9 Å². The number of fused-ring (bicyclic) bond motifs is 1. The minimum atomic E-state index is -0.542. The van der Waals surface area contributed by atoms with Crippen molar-refractivity contribution >= 4 is 38.6 Å². The Morgan fingerprint density at radius 1 is 1.05 bits per heavy atom. The minimum Gasteiger partial charge on any atom is -0.495 e. The number of carbonyl (C=O) groups excluding carboxylic acids is 1. The molecule has 0 saturated carbocycles. The summed E-state index contributed by atoms with van der Waals surface area (Å²) < 4.78 is 13.2. The average molecular weight is 565 g/mol. The number of urea groups is 1. The lowest BCUT2D eigenvalue weighted by molar-refractivity contribution is 0.131. The van der Waals surface area contributed by atoms with Crippen LogP contribution in [0.25, 0.3) is 16.6 Å². The smallest absolute Gasteiger partial charge is 0.322 e. The van der Waals surface area contributed by atoms with Crippen LogP contribution in [0.1, 0.15) is 25.2 Å². The number of para-hydroxylation sites is 4. The van der Waals surface area contributed by atoms with Gasteiger partial charge in [-0.05, 0) is 58.7 Å². The van der Waals surface area contributed by atoms with Gasteiger partial charge in [-0.2, -0.15) is 0 Å². The lowest BCUT2D eigenvalue weighted by Gasteiger charge is -2.32. The maximum Gasteiger partial charge on any atom is 0.322 e. The van der Waals surface area contributed by atoms with E-state index in [0.29, 0.717) is 53.4 Å². The molecule has 9 heteroatoms.